The Bertz CT molecular complexity index is 764. The van der Waals surface area contributed by atoms with Crippen LogP contribution in [0.2, 0.25) is 0 Å². The van der Waals surface area contributed by atoms with Crippen LogP contribution >= 0.6 is 15.9 Å². The van der Waals surface area contributed by atoms with Crippen molar-refractivity contribution < 1.29 is 33.4 Å². The molecule has 0 aliphatic rings. The normalized spacial score (nSPS) is 10.4. The Morgan fingerprint density at radius 1 is 1.11 bits per heavy atom. The number of halogens is 1. The predicted octanol–water partition coefficient (Wildman–Crippen LogP) is 1.48. The second kappa shape index (κ2) is 10.8. The van der Waals surface area contributed by atoms with Crippen molar-refractivity contribution in [2.45, 2.75) is 6.92 Å². The Labute approximate surface area is 163 Å². The molecule has 0 radical (unpaired) electrons. The molecular formula is C16H18BrN3O7. The molecule has 0 saturated heterocycles. The van der Waals surface area contributed by atoms with Crippen LogP contribution in [0.3, 0.4) is 0 Å². The van der Waals surface area contributed by atoms with Gasteiger partial charge >= 0.3 is 18.0 Å². The van der Waals surface area contributed by atoms with Gasteiger partial charge in [-0.2, -0.15) is 0 Å². The highest BCUT2D eigenvalue weighted by atomic mass is 79.9. The van der Waals surface area contributed by atoms with Gasteiger partial charge in [-0.05, 0) is 25.1 Å². The third-order valence-corrected chi connectivity index (χ3v) is 3.41. The van der Waals surface area contributed by atoms with Gasteiger partial charge in [-0.25, -0.2) is 19.8 Å². The molecule has 27 heavy (non-hydrogen) atoms. The van der Waals surface area contributed by atoms with Gasteiger partial charge in [0.05, 0.1) is 38.2 Å². The number of benzene rings is 1. The van der Waals surface area contributed by atoms with Gasteiger partial charge in [0.1, 0.15) is 5.70 Å². The van der Waals surface area contributed by atoms with Crippen LogP contribution < -0.4 is 16.2 Å². The number of ether oxygens (including phenoxy) is 3. The van der Waals surface area contributed by atoms with Gasteiger partial charge in [0.25, 0.3) is 5.91 Å². The standard InChI is InChI=1S/C16H18BrN3O7/c1-4-27-16(24)20-19-14(22)10-6-5-9(17)7-11(10)18-12(15(23)26-3)8-13(21)25-2/h5-8,18H,4H2,1-3H3,(H,19,22)(H,20,24)/b12-8+. The fourth-order valence-electron chi connectivity index (χ4n) is 1.74. The third-order valence-electron chi connectivity index (χ3n) is 2.92. The quantitative estimate of drug-likeness (QED) is 0.260. The van der Waals surface area contributed by atoms with Crippen LogP contribution in [0.1, 0.15) is 17.3 Å². The molecule has 0 spiro atoms. The van der Waals surface area contributed by atoms with Crippen LogP contribution in [-0.4, -0.2) is 44.8 Å². The number of amides is 2. The van der Waals surface area contributed by atoms with Crippen molar-refractivity contribution in [3.8, 4) is 0 Å². The molecule has 0 unspecified atom stereocenters. The summed E-state index contributed by atoms with van der Waals surface area (Å²) in [6.45, 7) is 1.74. The second-order valence-corrected chi connectivity index (χ2v) is 5.60. The molecule has 0 fully saturated rings. The molecule has 0 saturated carbocycles. The average Bonchev–Trinajstić information content (AvgIpc) is 2.65. The van der Waals surface area contributed by atoms with Gasteiger partial charge < -0.3 is 19.5 Å². The van der Waals surface area contributed by atoms with Gasteiger partial charge in [0.15, 0.2) is 0 Å². The van der Waals surface area contributed by atoms with Gasteiger partial charge in [-0.15, -0.1) is 0 Å². The first-order valence-corrected chi connectivity index (χ1v) is 8.29. The fraction of sp³-hybridized carbons (Fsp3) is 0.250. The van der Waals surface area contributed by atoms with Crippen LogP contribution in [0.5, 0.6) is 0 Å². The van der Waals surface area contributed by atoms with E-state index in [1.54, 1.807) is 13.0 Å². The highest BCUT2D eigenvalue weighted by Crippen LogP contribution is 2.23. The van der Waals surface area contributed by atoms with Crippen LogP contribution in [0.15, 0.2) is 34.4 Å². The number of hydrazine groups is 1. The van der Waals surface area contributed by atoms with E-state index in [9.17, 15) is 19.2 Å². The van der Waals surface area contributed by atoms with Crippen LogP contribution in [0, 0.1) is 0 Å². The number of anilines is 1. The molecular weight excluding hydrogens is 426 g/mol. The van der Waals surface area contributed by atoms with Gasteiger partial charge in [-0.3, -0.25) is 10.2 Å². The molecule has 1 aromatic carbocycles. The number of methoxy groups -OCH3 is 2. The Kier molecular flexibility index (Phi) is 8.79. The molecule has 3 N–H and O–H groups in total. The average molecular weight is 444 g/mol. The lowest BCUT2D eigenvalue weighted by Gasteiger charge is -2.14. The zero-order valence-corrected chi connectivity index (χ0v) is 16.3. The summed E-state index contributed by atoms with van der Waals surface area (Å²) < 4.78 is 14.3. The van der Waals surface area contributed by atoms with E-state index in [0.717, 1.165) is 20.3 Å². The van der Waals surface area contributed by atoms with Crippen molar-refractivity contribution in [3.05, 3.63) is 40.0 Å². The Balaban J connectivity index is 3.12. The van der Waals surface area contributed by atoms with E-state index in [1.807, 2.05) is 0 Å². The van der Waals surface area contributed by atoms with Gasteiger partial charge in [0, 0.05) is 4.47 Å². The minimum absolute atomic E-state index is 0.0645. The predicted molar refractivity (Wildman–Crippen MR) is 97.5 cm³/mol. The summed E-state index contributed by atoms with van der Waals surface area (Å²) >= 11 is 3.25. The number of carbonyl (C=O) groups is 4. The molecule has 0 aromatic heterocycles. The molecule has 146 valence electrons. The first kappa shape index (κ1) is 22.0. The number of esters is 2. The molecule has 0 aliphatic carbocycles. The molecule has 0 aliphatic heterocycles. The van der Waals surface area contributed by atoms with Crippen molar-refractivity contribution in [3.63, 3.8) is 0 Å². The third kappa shape index (κ3) is 6.98. The SMILES string of the molecule is CCOC(=O)NNC(=O)c1ccc(Br)cc1N/C(=C/C(=O)OC)C(=O)OC. The van der Waals surface area contributed by atoms with E-state index in [2.05, 4.69) is 46.3 Å². The number of rotatable bonds is 6. The summed E-state index contributed by atoms with van der Waals surface area (Å²) in [6, 6.07) is 4.50. The Morgan fingerprint density at radius 2 is 1.81 bits per heavy atom. The van der Waals surface area contributed by atoms with E-state index in [1.165, 1.54) is 12.1 Å². The van der Waals surface area contributed by atoms with Crippen molar-refractivity contribution in [1.82, 2.24) is 10.9 Å². The smallest absolute Gasteiger partial charge is 0.426 e. The number of nitrogens with one attached hydrogen (secondary N) is 3. The molecule has 1 rings (SSSR count). The highest BCUT2D eigenvalue weighted by Gasteiger charge is 2.18. The van der Waals surface area contributed by atoms with E-state index in [0.29, 0.717) is 4.47 Å². The molecule has 0 heterocycles. The maximum absolute atomic E-state index is 12.3. The topological polar surface area (TPSA) is 132 Å². The highest BCUT2D eigenvalue weighted by molar-refractivity contribution is 9.10. The maximum Gasteiger partial charge on any atom is 0.426 e. The summed E-state index contributed by atoms with van der Waals surface area (Å²) in [6.07, 6.45) is 0.0453. The fourth-order valence-corrected chi connectivity index (χ4v) is 2.10. The molecule has 10 nitrogen and oxygen atoms in total. The monoisotopic (exact) mass is 443 g/mol. The zero-order valence-electron chi connectivity index (χ0n) is 14.8. The summed E-state index contributed by atoms with van der Waals surface area (Å²) in [7, 11) is 2.28. The Hall–Kier alpha value is -3.08. The molecule has 1 aromatic rings. The van der Waals surface area contributed by atoms with E-state index >= 15 is 0 Å². The minimum atomic E-state index is -0.851. The van der Waals surface area contributed by atoms with Crippen molar-refractivity contribution in [2.24, 2.45) is 0 Å². The summed E-state index contributed by atoms with van der Waals surface area (Å²) in [4.78, 5) is 46.9. The first-order valence-electron chi connectivity index (χ1n) is 7.50. The van der Waals surface area contributed by atoms with Crippen molar-refractivity contribution in [2.75, 3.05) is 26.1 Å². The lowest BCUT2D eigenvalue weighted by Crippen LogP contribution is -2.42. The van der Waals surface area contributed by atoms with Crippen LogP contribution in [0.25, 0.3) is 0 Å². The zero-order chi connectivity index (χ0) is 20.4. The molecule has 2 amide bonds. The van der Waals surface area contributed by atoms with Crippen LogP contribution in [-0.2, 0) is 23.8 Å². The molecule has 0 bridgehead atoms. The lowest BCUT2D eigenvalue weighted by molar-refractivity contribution is -0.138. The summed E-state index contributed by atoms with van der Waals surface area (Å²) in [5, 5.41) is 2.65. The first-order chi connectivity index (χ1) is 12.8. The lowest BCUT2D eigenvalue weighted by atomic mass is 10.1. The summed E-state index contributed by atoms with van der Waals surface area (Å²) in [5.41, 5.74) is 4.21. The maximum atomic E-state index is 12.3. The van der Waals surface area contributed by atoms with E-state index in [-0.39, 0.29) is 23.6 Å². The number of carbonyl (C=O) groups excluding carboxylic acids is 4. The van der Waals surface area contributed by atoms with Gasteiger partial charge in [0.2, 0.25) is 0 Å². The Morgan fingerprint density at radius 3 is 2.41 bits per heavy atom. The summed E-state index contributed by atoms with van der Waals surface area (Å²) in [5.74, 6) is -2.34. The largest absolute Gasteiger partial charge is 0.466 e. The number of hydrogen-bond acceptors (Lipinski definition) is 8. The molecule has 11 heteroatoms. The van der Waals surface area contributed by atoms with Crippen LogP contribution in [0.4, 0.5) is 10.5 Å². The van der Waals surface area contributed by atoms with Crippen molar-refractivity contribution >= 4 is 45.6 Å². The van der Waals surface area contributed by atoms with Crippen molar-refractivity contribution in [1.29, 1.82) is 0 Å². The second-order valence-electron chi connectivity index (χ2n) is 4.69. The number of hydrogen-bond donors (Lipinski definition) is 3. The van der Waals surface area contributed by atoms with E-state index in [4.69, 9.17) is 0 Å². The molecule has 0 atom stereocenters. The van der Waals surface area contributed by atoms with Gasteiger partial charge in [-0.1, -0.05) is 15.9 Å². The van der Waals surface area contributed by atoms with E-state index < -0.39 is 23.9 Å². The minimum Gasteiger partial charge on any atom is -0.466 e.